The number of carbonyl (C=O) groups is 1. The molecular formula is C18H18Cl2N2OS. The first-order valence-corrected chi connectivity index (χ1v) is 9.56. The Hall–Kier alpha value is -1.20. The summed E-state index contributed by atoms with van der Waals surface area (Å²) in [7, 11) is 0. The van der Waals surface area contributed by atoms with Crippen LogP contribution in [0.2, 0.25) is 10.0 Å². The number of nitrogens with two attached hydrogens (primary N) is 1. The maximum absolute atomic E-state index is 12.5. The molecule has 2 atom stereocenters. The Morgan fingerprint density at radius 3 is 2.79 bits per heavy atom. The van der Waals surface area contributed by atoms with Crippen molar-refractivity contribution >= 4 is 40.9 Å². The average molecular weight is 381 g/mol. The number of thioether (sulfide) groups is 1. The molecule has 0 aromatic heterocycles. The largest absolute Gasteiger partial charge is 0.351 e. The molecule has 0 saturated carbocycles. The fourth-order valence-electron chi connectivity index (χ4n) is 2.77. The summed E-state index contributed by atoms with van der Waals surface area (Å²) in [5.41, 5.74) is 8.55. The molecule has 0 bridgehead atoms. The van der Waals surface area contributed by atoms with Crippen molar-refractivity contribution in [2.24, 2.45) is 5.73 Å². The molecule has 1 amide bonds. The van der Waals surface area contributed by atoms with Gasteiger partial charge in [0.05, 0.1) is 0 Å². The van der Waals surface area contributed by atoms with Crippen LogP contribution in [0.1, 0.15) is 17.2 Å². The van der Waals surface area contributed by atoms with Crippen LogP contribution >= 0.6 is 35.0 Å². The van der Waals surface area contributed by atoms with Gasteiger partial charge in [-0.15, -0.1) is 11.8 Å². The first-order chi connectivity index (χ1) is 11.6. The Morgan fingerprint density at radius 1 is 1.21 bits per heavy atom. The van der Waals surface area contributed by atoms with Crippen molar-refractivity contribution in [2.45, 2.75) is 17.7 Å². The van der Waals surface area contributed by atoms with Crippen LogP contribution in [-0.2, 0) is 4.79 Å². The molecule has 3 N–H and O–H groups in total. The minimum absolute atomic E-state index is 0.0207. The average Bonchev–Trinajstić information content (AvgIpc) is 2.76. The van der Waals surface area contributed by atoms with Crippen LogP contribution in [0.3, 0.4) is 0 Å². The lowest BCUT2D eigenvalue weighted by Gasteiger charge is -2.16. The van der Waals surface area contributed by atoms with Crippen molar-refractivity contribution in [1.82, 2.24) is 5.32 Å². The van der Waals surface area contributed by atoms with Gasteiger partial charge in [0.2, 0.25) is 5.91 Å². The van der Waals surface area contributed by atoms with Gasteiger partial charge in [-0.1, -0.05) is 47.5 Å². The van der Waals surface area contributed by atoms with Crippen molar-refractivity contribution in [3.05, 3.63) is 58.1 Å². The van der Waals surface area contributed by atoms with Gasteiger partial charge in [-0.2, -0.15) is 0 Å². The molecular weight excluding hydrogens is 363 g/mol. The summed E-state index contributed by atoms with van der Waals surface area (Å²) < 4.78 is 0. The highest BCUT2D eigenvalue weighted by atomic mass is 35.5. The maximum Gasteiger partial charge on any atom is 0.237 e. The van der Waals surface area contributed by atoms with E-state index in [2.05, 4.69) is 5.32 Å². The van der Waals surface area contributed by atoms with Crippen LogP contribution < -0.4 is 11.1 Å². The number of hydrogen-bond donors (Lipinski definition) is 2. The molecule has 0 spiro atoms. The monoisotopic (exact) mass is 380 g/mol. The number of carbonyl (C=O) groups excluding carboxylic acids is 1. The van der Waals surface area contributed by atoms with Gasteiger partial charge in [0.25, 0.3) is 0 Å². The minimum Gasteiger partial charge on any atom is -0.351 e. The smallest absolute Gasteiger partial charge is 0.237 e. The summed E-state index contributed by atoms with van der Waals surface area (Å²) in [6.45, 7) is 0.472. The Balaban J connectivity index is 1.91. The molecule has 1 fully saturated rings. The van der Waals surface area contributed by atoms with Crippen molar-refractivity contribution in [3.8, 4) is 11.1 Å². The normalized spacial score (nSPS) is 21.2. The Labute approximate surface area is 155 Å². The van der Waals surface area contributed by atoms with E-state index in [1.165, 1.54) is 0 Å². The molecule has 24 heavy (non-hydrogen) atoms. The molecule has 1 saturated heterocycles. The molecule has 1 heterocycles. The van der Waals surface area contributed by atoms with Gasteiger partial charge in [0.1, 0.15) is 5.25 Å². The number of amides is 1. The molecule has 3 rings (SSSR count). The summed E-state index contributed by atoms with van der Waals surface area (Å²) in [5.74, 6) is 0.921. The Morgan fingerprint density at radius 2 is 2.04 bits per heavy atom. The van der Waals surface area contributed by atoms with Crippen molar-refractivity contribution in [1.29, 1.82) is 0 Å². The lowest BCUT2D eigenvalue weighted by atomic mass is 10.0. The third-order valence-electron chi connectivity index (χ3n) is 4.05. The maximum atomic E-state index is 12.5. The molecule has 3 nitrogen and oxygen atoms in total. The van der Waals surface area contributed by atoms with E-state index in [4.69, 9.17) is 28.9 Å². The van der Waals surface area contributed by atoms with E-state index in [0.717, 1.165) is 28.9 Å². The van der Waals surface area contributed by atoms with E-state index in [1.807, 2.05) is 36.4 Å². The fraction of sp³-hybridized carbons (Fsp3) is 0.278. The number of halogens is 2. The van der Waals surface area contributed by atoms with Gasteiger partial charge < -0.3 is 11.1 Å². The predicted octanol–water partition coefficient (Wildman–Crippen LogP) is 4.28. The second kappa shape index (κ2) is 7.79. The van der Waals surface area contributed by atoms with Crippen LogP contribution in [0.4, 0.5) is 0 Å². The third kappa shape index (κ3) is 3.89. The topological polar surface area (TPSA) is 55.1 Å². The molecule has 0 unspecified atom stereocenters. The van der Waals surface area contributed by atoms with E-state index in [9.17, 15) is 4.79 Å². The summed E-state index contributed by atoms with van der Waals surface area (Å²) in [6.07, 6.45) is 0.895. The second-order valence-electron chi connectivity index (χ2n) is 5.73. The standard InChI is InChI=1S/C18H18Cl2N2OS/c19-13-4-5-15(16(20)9-13)11-2-1-3-12(8-11)17-18(23)22-14(10-21)6-7-24-17/h1-5,8-9,14,17H,6-7,10,21H2,(H,22,23)/t14-,17+/m0/s1. The zero-order valence-electron chi connectivity index (χ0n) is 13.0. The van der Waals surface area contributed by atoms with Crippen LogP contribution in [0, 0.1) is 0 Å². The van der Waals surface area contributed by atoms with E-state index in [0.29, 0.717) is 16.6 Å². The summed E-state index contributed by atoms with van der Waals surface area (Å²) in [6, 6.07) is 13.4. The zero-order valence-corrected chi connectivity index (χ0v) is 15.3. The third-order valence-corrected chi connectivity index (χ3v) is 5.89. The van der Waals surface area contributed by atoms with Gasteiger partial charge in [0, 0.05) is 28.2 Å². The summed E-state index contributed by atoms with van der Waals surface area (Å²) in [5, 5.41) is 4.00. The quantitative estimate of drug-likeness (QED) is 0.834. The van der Waals surface area contributed by atoms with Crippen LogP contribution in [0.5, 0.6) is 0 Å². The van der Waals surface area contributed by atoms with Gasteiger partial charge in [-0.25, -0.2) is 0 Å². The lowest BCUT2D eigenvalue weighted by molar-refractivity contribution is -0.121. The van der Waals surface area contributed by atoms with Crippen LogP contribution in [0.15, 0.2) is 42.5 Å². The fourth-order valence-corrected chi connectivity index (χ4v) is 4.50. The SMILES string of the molecule is NC[C@@H]1CCS[C@H](c2cccc(-c3ccc(Cl)cc3Cl)c2)C(=O)N1. The first kappa shape index (κ1) is 17.6. The molecule has 0 aliphatic carbocycles. The van der Waals surface area contributed by atoms with Gasteiger partial charge in [-0.05, 0) is 41.5 Å². The molecule has 6 heteroatoms. The van der Waals surface area contributed by atoms with Gasteiger partial charge >= 0.3 is 0 Å². The summed E-state index contributed by atoms with van der Waals surface area (Å²) >= 11 is 13.9. The number of rotatable bonds is 3. The first-order valence-electron chi connectivity index (χ1n) is 7.76. The number of nitrogens with one attached hydrogen (secondary N) is 1. The molecule has 2 aromatic carbocycles. The molecule has 2 aromatic rings. The van der Waals surface area contributed by atoms with E-state index < -0.39 is 0 Å². The minimum atomic E-state index is -0.229. The zero-order chi connectivity index (χ0) is 17.1. The molecule has 0 radical (unpaired) electrons. The van der Waals surface area contributed by atoms with Crippen molar-refractivity contribution in [3.63, 3.8) is 0 Å². The Bertz CT molecular complexity index is 754. The van der Waals surface area contributed by atoms with Crippen LogP contribution in [0.25, 0.3) is 11.1 Å². The van der Waals surface area contributed by atoms with Gasteiger partial charge in [-0.3, -0.25) is 4.79 Å². The van der Waals surface area contributed by atoms with E-state index in [-0.39, 0.29) is 17.2 Å². The highest BCUT2D eigenvalue weighted by Crippen LogP contribution is 2.36. The van der Waals surface area contributed by atoms with E-state index >= 15 is 0 Å². The number of hydrogen-bond acceptors (Lipinski definition) is 3. The molecule has 1 aliphatic heterocycles. The van der Waals surface area contributed by atoms with E-state index in [1.54, 1.807) is 17.8 Å². The molecule has 126 valence electrons. The van der Waals surface area contributed by atoms with Crippen LogP contribution in [-0.4, -0.2) is 24.2 Å². The predicted molar refractivity (Wildman–Crippen MR) is 103 cm³/mol. The lowest BCUT2D eigenvalue weighted by Crippen LogP contribution is -2.40. The second-order valence-corrected chi connectivity index (χ2v) is 7.79. The van der Waals surface area contributed by atoms with Gasteiger partial charge in [0.15, 0.2) is 0 Å². The molecule has 1 aliphatic rings. The Kier molecular flexibility index (Phi) is 5.72. The summed E-state index contributed by atoms with van der Waals surface area (Å²) in [4.78, 5) is 12.5. The number of benzene rings is 2. The highest BCUT2D eigenvalue weighted by molar-refractivity contribution is 8.00. The van der Waals surface area contributed by atoms with Crippen molar-refractivity contribution < 1.29 is 4.79 Å². The highest BCUT2D eigenvalue weighted by Gasteiger charge is 2.27. The van der Waals surface area contributed by atoms with Crippen molar-refractivity contribution in [2.75, 3.05) is 12.3 Å².